The van der Waals surface area contributed by atoms with Gasteiger partial charge in [-0.05, 0) is 26.1 Å². The van der Waals surface area contributed by atoms with Crippen molar-refractivity contribution in [3.63, 3.8) is 0 Å². The maximum atomic E-state index is 12.1. The van der Waals surface area contributed by atoms with Gasteiger partial charge in [-0.15, -0.1) is 12.4 Å². The van der Waals surface area contributed by atoms with Crippen molar-refractivity contribution in [2.75, 3.05) is 13.6 Å². The van der Waals surface area contributed by atoms with Crippen LogP contribution in [-0.2, 0) is 10.0 Å². The molecule has 0 fully saturated rings. The Bertz CT molecular complexity index is 658. The minimum absolute atomic E-state index is 0. The average molecular weight is 331 g/mol. The van der Waals surface area contributed by atoms with Crippen LogP contribution in [0.5, 0.6) is 0 Å². The van der Waals surface area contributed by atoms with Crippen molar-refractivity contribution in [3.05, 3.63) is 42.7 Å². The number of aromatic nitrogens is 2. The SMILES string of the molecule is CNC(C)CNS(=O)(=O)c1cnn(-c2ccccc2)c1.Cl. The Kier molecular flexibility index (Phi) is 6.35. The zero-order valence-electron chi connectivity index (χ0n) is 11.9. The third-order valence-corrected chi connectivity index (χ3v) is 4.34. The Hall–Kier alpha value is -1.41. The second-order valence-corrected chi connectivity index (χ2v) is 6.26. The minimum Gasteiger partial charge on any atom is -0.316 e. The lowest BCUT2D eigenvalue weighted by Crippen LogP contribution is -2.37. The lowest BCUT2D eigenvalue weighted by molar-refractivity contribution is 0.554. The monoisotopic (exact) mass is 330 g/mol. The summed E-state index contributed by atoms with van der Waals surface area (Å²) >= 11 is 0. The summed E-state index contributed by atoms with van der Waals surface area (Å²) in [5, 5.41) is 7.05. The highest BCUT2D eigenvalue weighted by molar-refractivity contribution is 7.89. The molecule has 21 heavy (non-hydrogen) atoms. The van der Waals surface area contributed by atoms with Crippen LogP contribution in [0.25, 0.3) is 5.69 Å². The molecule has 2 N–H and O–H groups in total. The molecule has 1 atom stereocenters. The van der Waals surface area contributed by atoms with Gasteiger partial charge in [0.1, 0.15) is 4.90 Å². The van der Waals surface area contributed by atoms with Crippen LogP contribution in [0.4, 0.5) is 0 Å². The third kappa shape index (κ3) is 4.53. The Balaban J connectivity index is 0.00000220. The molecule has 0 bridgehead atoms. The largest absolute Gasteiger partial charge is 0.316 e. The molecule has 1 unspecified atom stereocenters. The zero-order chi connectivity index (χ0) is 14.6. The van der Waals surface area contributed by atoms with Crippen molar-refractivity contribution >= 4 is 22.4 Å². The summed E-state index contributed by atoms with van der Waals surface area (Å²) in [6, 6.07) is 9.43. The topological polar surface area (TPSA) is 76.0 Å². The molecule has 0 aliphatic rings. The number of benzene rings is 1. The Morgan fingerprint density at radius 1 is 1.29 bits per heavy atom. The second-order valence-electron chi connectivity index (χ2n) is 4.50. The molecule has 1 aromatic heterocycles. The maximum absolute atomic E-state index is 12.1. The van der Waals surface area contributed by atoms with Crippen molar-refractivity contribution in [1.29, 1.82) is 0 Å². The summed E-state index contributed by atoms with van der Waals surface area (Å²) in [4.78, 5) is 0.157. The number of nitrogens with zero attached hydrogens (tertiary/aromatic N) is 2. The van der Waals surface area contributed by atoms with Crippen LogP contribution in [0, 0.1) is 0 Å². The van der Waals surface area contributed by atoms with Gasteiger partial charge in [0.15, 0.2) is 0 Å². The van der Waals surface area contributed by atoms with Gasteiger partial charge in [-0.25, -0.2) is 17.8 Å². The first-order valence-corrected chi connectivity index (χ1v) is 7.78. The fourth-order valence-electron chi connectivity index (χ4n) is 1.59. The average Bonchev–Trinajstić information content (AvgIpc) is 2.96. The van der Waals surface area contributed by atoms with Crippen molar-refractivity contribution in [2.45, 2.75) is 17.9 Å². The van der Waals surface area contributed by atoms with Crippen LogP contribution in [-0.4, -0.2) is 37.8 Å². The molecule has 0 saturated carbocycles. The molecule has 0 aliphatic heterocycles. The first-order chi connectivity index (χ1) is 9.53. The van der Waals surface area contributed by atoms with E-state index in [0.717, 1.165) is 5.69 Å². The van der Waals surface area contributed by atoms with Crippen LogP contribution < -0.4 is 10.0 Å². The summed E-state index contributed by atoms with van der Waals surface area (Å²) in [5.41, 5.74) is 0.817. The van der Waals surface area contributed by atoms with Crippen LogP contribution in [0.3, 0.4) is 0 Å². The Labute approximate surface area is 131 Å². The normalized spacial score (nSPS) is 12.7. The van der Waals surface area contributed by atoms with E-state index in [2.05, 4.69) is 15.1 Å². The molecule has 0 saturated heterocycles. The first kappa shape index (κ1) is 17.6. The molecule has 0 spiro atoms. The highest BCUT2D eigenvalue weighted by atomic mass is 35.5. The van der Waals surface area contributed by atoms with E-state index in [9.17, 15) is 8.42 Å². The molecular weight excluding hydrogens is 312 g/mol. The number of likely N-dealkylation sites (N-methyl/N-ethyl adjacent to an activating group) is 1. The highest BCUT2D eigenvalue weighted by Gasteiger charge is 2.17. The van der Waals surface area contributed by atoms with Gasteiger partial charge in [0.05, 0.1) is 18.1 Å². The predicted molar refractivity (Wildman–Crippen MR) is 84.5 cm³/mol. The lowest BCUT2D eigenvalue weighted by Gasteiger charge is -2.10. The van der Waals surface area contributed by atoms with E-state index in [0.29, 0.717) is 6.54 Å². The van der Waals surface area contributed by atoms with E-state index in [1.165, 1.54) is 17.1 Å². The number of nitrogens with one attached hydrogen (secondary N) is 2. The molecule has 2 rings (SSSR count). The quantitative estimate of drug-likeness (QED) is 0.834. The van der Waals surface area contributed by atoms with Crippen molar-refractivity contribution in [2.24, 2.45) is 0 Å². The van der Waals surface area contributed by atoms with Crippen molar-refractivity contribution in [1.82, 2.24) is 19.8 Å². The number of sulfonamides is 1. The van der Waals surface area contributed by atoms with Crippen molar-refractivity contribution < 1.29 is 8.42 Å². The fraction of sp³-hybridized carbons (Fsp3) is 0.308. The Morgan fingerprint density at radius 2 is 1.95 bits per heavy atom. The number of halogens is 1. The van der Waals surface area contributed by atoms with Gasteiger partial charge in [0, 0.05) is 12.6 Å². The smallest absolute Gasteiger partial charge is 0.243 e. The van der Waals surface area contributed by atoms with E-state index in [1.54, 1.807) is 7.05 Å². The van der Waals surface area contributed by atoms with Crippen LogP contribution in [0.2, 0.25) is 0 Å². The van der Waals surface area contributed by atoms with Gasteiger partial charge >= 0.3 is 0 Å². The van der Waals surface area contributed by atoms with Crippen molar-refractivity contribution in [3.8, 4) is 5.69 Å². The van der Waals surface area contributed by atoms with E-state index >= 15 is 0 Å². The van der Waals surface area contributed by atoms with E-state index < -0.39 is 10.0 Å². The molecule has 2 aromatic rings. The molecule has 6 nitrogen and oxygen atoms in total. The van der Waals surface area contributed by atoms with Gasteiger partial charge in [-0.2, -0.15) is 5.10 Å². The number of hydrogen-bond donors (Lipinski definition) is 2. The predicted octanol–water partition coefficient (Wildman–Crippen LogP) is 1.18. The molecule has 0 amide bonds. The van der Waals surface area contributed by atoms with E-state index in [-0.39, 0.29) is 23.3 Å². The molecule has 0 aliphatic carbocycles. The van der Waals surface area contributed by atoms with Crippen LogP contribution >= 0.6 is 12.4 Å². The third-order valence-electron chi connectivity index (χ3n) is 2.96. The fourth-order valence-corrected chi connectivity index (χ4v) is 2.65. The molecule has 1 heterocycles. The summed E-state index contributed by atoms with van der Waals surface area (Å²) in [5.74, 6) is 0. The second kappa shape index (κ2) is 7.56. The molecular formula is C13H19ClN4O2S. The summed E-state index contributed by atoms with van der Waals surface area (Å²) in [7, 11) is -1.74. The molecule has 1 aromatic carbocycles. The van der Waals surface area contributed by atoms with Gasteiger partial charge in [-0.1, -0.05) is 18.2 Å². The van der Waals surface area contributed by atoms with E-state index in [1.807, 2.05) is 37.3 Å². The minimum atomic E-state index is -3.53. The summed E-state index contributed by atoms with van der Waals surface area (Å²) < 4.78 is 28.3. The standard InChI is InChI=1S/C13H18N4O2S.ClH/c1-11(14-2)8-16-20(18,19)13-9-15-17(10-13)12-6-4-3-5-7-12;/h3-7,9-11,14,16H,8H2,1-2H3;1H. The van der Waals surface area contributed by atoms with Crippen LogP contribution in [0.15, 0.2) is 47.6 Å². The summed E-state index contributed by atoms with van der Waals surface area (Å²) in [6.07, 6.45) is 2.85. The first-order valence-electron chi connectivity index (χ1n) is 6.30. The van der Waals surface area contributed by atoms with E-state index in [4.69, 9.17) is 0 Å². The van der Waals surface area contributed by atoms with Gasteiger partial charge < -0.3 is 5.32 Å². The zero-order valence-corrected chi connectivity index (χ0v) is 13.5. The molecule has 8 heteroatoms. The number of para-hydroxylation sites is 1. The molecule has 116 valence electrons. The number of hydrogen-bond acceptors (Lipinski definition) is 4. The maximum Gasteiger partial charge on any atom is 0.243 e. The van der Waals surface area contributed by atoms with Gasteiger partial charge in [-0.3, -0.25) is 0 Å². The van der Waals surface area contributed by atoms with Gasteiger partial charge in [0.2, 0.25) is 10.0 Å². The molecule has 0 radical (unpaired) electrons. The highest BCUT2D eigenvalue weighted by Crippen LogP contribution is 2.11. The van der Waals surface area contributed by atoms with Gasteiger partial charge in [0.25, 0.3) is 0 Å². The summed E-state index contributed by atoms with van der Waals surface area (Å²) in [6.45, 7) is 2.23. The lowest BCUT2D eigenvalue weighted by atomic mass is 10.3. The van der Waals surface area contributed by atoms with Crippen LogP contribution in [0.1, 0.15) is 6.92 Å². The number of rotatable bonds is 6. The Morgan fingerprint density at radius 3 is 2.57 bits per heavy atom.